The number of anilines is 1. The van der Waals surface area contributed by atoms with E-state index in [-0.39, 0.29) is 4.90 Å². The Kier molecular flexibility index (Phi) is 0.771. The van der Waals surface area contributed by atoms with Gasteiger partial charge in [0.1, 0.15) is 5.82 Å². The molecular weight excluding hydrogens is 242 g/mol. The predicted octanol–water partition coefficient (Wildman–Crippen LogP) is 2.48. The van der Waals surface area contributed by atoms with E-state index in [9.17, 15) is 0 Å². The zero-order valence-electron chi connectivity index (χ0n) is 20.7. The van der Waals surface area contributed by atoms with Crippen LogP contribution in [-0.2, 0) is 0 Å². The molecule has 0 radical (unpaired) electrons. The SMILES string of the molecule is [2H]c1nc(Br)nc(N2C([2H])([2H])C([2H])([2H])C([2H])([2H])C([2H])(C([2H])([2H])[2H])C2([2H])[2H])c1[2H]. The minimum atomic E-state index is -3.84. The van der Waals surface area contributed by atoms with Crippen molar-refractivity contribution >= 4 is 21.7 Å². The third-order valence-corrected chi connectivity index (χ3v) is 1.66. The molecule has 1 aliphatic rings. The fourth-order valence-corrected chi connectivity index (χ4v) is 1.05. The molecule has 1 unspecified atom stereocenters. The van der Waals surface area contributed by atoms with Gasteiger partial charge in [-0.2, -0.15) is 0 Å². The summed E-state index contributed by atoms with van der Waals surface area (Å²) in [5, 5.41) is 0. The molecule has 4 heteroatoms. The number of halogens is 1. The van der Waals surface area contributed by atoms with Gasteiger partial charge in [-0.1, -0.05) is 6.85 Å². The zero-order chi connectivity index (χ0) is 22.3. The maximum atomic E-state index is 8.24. The van der Waals surface area contributed by atoms with Gasteiger partial charge >= 0.3 is 0 Å². The second-order valence-corrected chi connectivity index (χ2v) is 2.95. The van der Waals surface area contributed by atoms with E-state index in [0.717, 1.165) is 0 Å². The van der Waals surface area contributed by atoms with Gasteiger partial charge in [0.15, 0.2) is 4.73 Å². The van der Waals surface area contributed by atoms with Crippen molar-refractivity contribution in [2.75, 3.05) is 17.9 Å². The number of hydrogen-bond donors (Lipinski definition) is 0. The Morgan fingerprint density at radius 1 is 1.93 bits per heavy atom. The first-order valence-corrected chi connectivity index (χ1v) is 4.30. The molecular formula is C10H14BrN3. The Morgan fingerprint density at radius 2 is 2.86 bits per heavy atom. The van der Waals surface area contributed by atoms with Gasteiger partial charge in [0.25, 0.3) is 0 Å². The highest BCUT2D eigenvalue weighted by molar-refractivity contribution is 9.10. The number of piperidine rings is 1. The summed E-state index contributed by atoms with van der Waals surface area (Å²) < 4.78 is 111. The van der Waals surface area contributed by atoms with Gasteiger partial charge < -0.3 is 4.90 Å². The van der Waals surface area contributed by atoms with Crippen LogP contribution in [0.3, 0.4) is 0 Å². The first kappa shape index (κ1) is 2.54. The van der Waals surface area contributed by atoms with Crippen LogP contribution in [-0.4, -0.2) is 23.0 Å². The Balaban J connectivity index is 3.02. The summed E-state index contributed by atoms with van der Waals surface area (Å²) in [5.41, 5.74) is 0. The molecule has 0 aliphatic carbocycles. The molecule has 1 aromatic rings. The number of rotatable bonds is 1. The number of nitrogens with zero attached hydrogens (tertiary/aromatic N) is 3. The van der Waals surface area contributed by atoms with Crippen LogP contribution in [0.2, 0.25) is 0 Å². The fraction of sp³-hybridized carbons (Fsp3) is 0.600. The van der Waals surface area contributed by atoms with E-state index in [2.05, 4.69) is 25.9 Å². The van der Waals surface area contributed by atoms with E-state index in [0.29, 0.717) is 0 Å². The smallest absolute Gasteiger partial charge is 0.198 e. The van der Waals surface area contributed by atoms with Crippen molar-refractivity contribution in [3.8, 4) is 0 Å². The van der Waals surface area contributed by atoms with Gasteiger partial charge in [0, 0.05) is 35.6 Å². The molecule has 2 heterocycles. The Labute approximate surface area is 112 Å². The lowest BCUT2D eigenvalue weighted by molar-refractivity contribution is 0.444. The minimum absolute atomic E-state index is 0.187. The topological polar surface area (TPSA) is 29.0 Å². The Morgan fingerprint density at radius 3 is 3.71 bits per heavy atom. The van der Waals surface area contributed by atoms with Gasteiger partial charge in [0.05, 0.1) is 2.74 Å². The van der Waals surface area contributed by atoms with Crippen LogP contribution in [0.25, 0.3) is 0 Å². The van der Waals surface area contributed by atoms with Crippen LogP contribution in [0.4, 0.5) is 5.82 Å². The lowest BCUT2D eigenvalue weighted by Crippen LogP contribution is -2.34. The van der Waals surface area contributed by atoms with E-state index >= 15 is 0 Å². The van der Waals surface area contributed by atoms with Gasteiger partial charge in [0.2, 0.25) is 0 Å². The maximum absolute atomic E-state index is 8.24. The van der Waals surface area contributed by atoms with E-state index < -0.39 is 61.3 Å². The summed E-state index contributed by atoms with van der Waals surface area (Å²) in [4.78, 5) is 6.87. The van der Waals surface area contributed by atoms with Crippen LogP contribution in [0, 0.1) is 5.89 Å². The molecule has 1 saturated heterocycles. The molecule has 0 saturated carbocycles. The Bertz CT molecular complexity index is 807. The standard InChI is InChI=1S/C10H14BrN3/c1-8-3-2-6-14(7-8)9-4-5-12-10(11)13-9/h4-5,8H,2-3,6-7H2,1H3/i1D3,2D2,3D2,4D,5D,6D2,7D2,8D. The molecule has 1 aromatic heterocycles. The predicted molar refractivity (Wildman–Crippen MR) is 60.3 cm³/mol. The first-order valence-electron chi connectivity index (χ1n) is 10.5. The second kappa shape index (κ2) is 4.26. The van der Waals surface area contributed by atoms with Crippen molar-refractivity contribution in [2.24, 2.45) is 5.89 Å². The highest BCUT2D eigenvalue weighted by Crippen LogP contribution is 2.21. The normalized spacial score (nSPS) is 57.6. The van der Waals surface area contributed by atoms with Crippen molar-refractivity contribution in [3.63, 3.8) is 0 Å². The van der Waals surface area contributed by atoms with E-state index in [1.807, 2.05) is 0 Å². The third kappa shape index (κ3) is 2.23. The van der Waals surface area contributed by atoms with Crippen molar-refractivity contribution in [2.45, 2.75) is 19.6 Å². The van der Waals surface area contributed by atoms with Crippen LogP contribution in [0.15, 0.2) is 16.9 Å². The third-order valence-electron chi connectivity index (χ3n) is 1.30. The summed E-state index contributed by atoms with van der Waals surface area (Å²) in [6, 6.07) is -0.956. The quantitative estimate of drug-likeness (QED) is 0.734. The summed E-state index contributed by atoms with van der Waals surface area (Å²) in [5.74, 6) is -4.84. The highest BCUT2D eigenvalue weighted by Gasteiger charge is 2.17. The fourth-order valence-electron chi connectivity index (χ4n) is 0.790. The summed E-state index contributed by atoms with van der Waals surface area (Å²) in [6.07, 6.45) is -8.39. The molecule has 2 rings (SSSR count). The van der Waals surface area contributed by atoms with Gasteiger partial charge in [-0.3, -0.25) is 0 Å². The summed E-state index contributed by atoms with van der Waals surface area (Å²) in [7, 11) is 0. The Hall–Kier alpha value is -0.640. The van der Waals surface area contributed by atoms with E-state index in [1.165, 1.54) is 0 Å². The molecule has 1 atom stereocenters. The van der Waals surface area contributed by atoms with E-state index in [4.69, 9.17) is 19.2 Å². The minimum Gasteiger partial charge on any atom is -0.356 e. The zero-order valence-corrected chi connectivity index (χ0v) is 8.31. The molecule has 76 valence electrons. The molecule has 0 spiro atoms. The monoisotopic (exact) mass is 269 g/mol. The lowest BCUT2D eigenvalue weighted by atomic mass is 10.0. The van der Waals surface area contributed by atoms with Crippen LogP contribution in [0.5, 0.6) is 0 Å². The molecule has 0 amide bonds. The van der Waals surface area contributed by atoms with E-state index in [1.54, 1.807) is 0 Å². The highest BCUT2D eigenvalue weighted by atomic mass is 79.9. The molecule has 1 aliphatic heterocycles. The van der Waals surface area contributed by atoms with Crippen molar-refractivity contribution in [1.82, 2.24) is 9.97 Å². The van der Waals surface area contributed by atoms with Gasteiger partial charge in [-0.05, 0) is 40.6 Å². The summed E-state index contributed by atoms with van der Waals surface area (Å²) >= 11 is 2.78. The second-order valence-electron chi connectivity index (χ2n) is 2.24. The van der Waals surface area contributed by atoms with Crippen LogP contribution in [0.1, 0.15) is 38.8 Å². The molecule has 3 nitrogen and oxygen atoms in total. The van der Waals surface area contributed by atoms with Crippen molar-refractivity contribution in [3.05, 3.63) is 16.9 Å². The van der Waals surface area contributed by atoms with Gasteiger partial charge in [-0.15, -0.1) is 0 Å². The molecule has 0 bridgehead atoms. The first-order chi connectivity index (χ1) is 12.2. The average molecular weight is 270 g/mol. The van der Waals surface area contributed by atoms with Crippen LogP contribution >= 0.6 is 15.9 Å². The average Bonchev–Trinajstić information content (AvgIpc) is 2.47. The van der Waals surface area contributed by atoms with Crippen LogP contribution < -0.4 is 4.90 Å². The molecule has 1 fully saturated rings. The molecule has 14 heavy (non-hydrogen) atoms. The van der Waals surface area contributed by atoms with Gasteiger partial charge in [-0.25, -0.2) is 9.97 Å². The molecule has 0 aromatic carbocycles. The summed E-state index contributed by atoms with van der Waals surface area (Å²) in [6.45, 7) is -11.1. The lowest BCUT2D eigenvalue weighted by Gasteiger charge is -2.31. The number of aromatic nitrogens is 2. The largest absolute Gasteiger partial charge is 0.356 e. The number of hydrogen-bond acceptors (Lipinski definition) is 3. The van der Waals surface area contributed by atoms with Crippen molar-refractivity contribution in [1.29, 1.82) is 0 Å². The maximum Gasteiger partial charge on any atom is 0.198 e. The molecule has 0 N–H and O–H groups in total. The van der Waals surface area contributed by atoms with Crippen molar-refractivity contribution < 1.29 is 19.2 Å².